The largest absolute Gasteiger partial charge is 0.393 e. The highest BCUT2D eigenvalue weighted by atomic mass is 16.3. The summed E-state index contributed by atoms with van der Waals surface area (Å²) in [6.45, 7) is 5.58. The van der Waals surface area contributed by atoms with Crippen LogP contribution in [0, 0.1) is 0 Å². The van der Waals surface area contributed by atoms with Gasteiger partial charge in [-0.05, 0) is 6.42 Å². The van der Waals surface area contributed by atoms with Gasteiger partial charge in [-0.15, -0.1) is 6.58 Å². The Morgan fingerprint density at radius 3 is 2.50 bits per heavy atom. The predicted molar refractivity (Wildman–Crippen MR) is 51.0 cm³/mol. The molecule has 0 aromatic heterocycles. The lowest BCUT2D eigenvalue weighted by Gasteiger charge is -2.11. The maximum Gasteiger partial charge on any atom is 0.0742 e. The molecule has 0 heterocycles. The quantitative estimate of drug-likeness (QED) is 0.454. The van der Waals surface area contributed by atoms with Gasteiger partial charge in [-0.3, -0.25) is 0 Å². The highest BCUT2D eigenvalue weighted by Crippen LogP contribution is 2.08. The number of rotatable bonds is 7. The maximum absolute atomic E-state index is 9.37. The smallest absolute Gasteiger partial charge is 0.0742 e. The molecule has 0 aliphatic rings. The summed E-state index contributed by atoms with van der Waals surface area (Å²) in [4.78, 5) is 0. The normalized spacial score (nSPS) is 15.6. The van der Waals surface area contributed by atoms with Crippen molar-refractivity contribution in [3.8, 4) is 0 Å². The van der Waals surface area contributed by atoms with Crippen LogP contribution in [0.4, 0.5) is 0 Å². The van der Waals surface area contributed by atoms with E-state index in [-0.39, 0.29) is 6.10 Å². The molecule has 0 spiro atoms. The van der Waals surface area contributed by atoms with Crippen LogP contribution in [-0.4, -0.2) is 22.4 Å². The monoisotopic (exact) mass is 172 g/mol. The van der Waals surface area contributed by atoms with Crippen LogP contribution in [0.3, 0.4) is 0 Å². The van der Waals surface area contributed by atoms with E-state index < -0.39 is 6.10 Å². The van der Waals surface area contributed by atoms with E-state index in [1.54, 1.807) is 0 Å². The molecule has 0 radical (unpaired) electrons. The Morgan fingerprint density at radius 1 is 1.33 bits per heavy atom. The summed E-state index contributed by atoms with van der Waals surface area (Å²) >= 11 is 0. The van der Waals surface area contributed by atoms with E-state index >= 15 is 0 Å². The van der Waals surface area contributed by atoms with Crippen LogP contribution in [0.2, 0.25) is 0 Å². The van der Waals surface area contributed by atoms with Crippen molar-refractivity contribution in [1.29, 1.82) is 0 Å². The van der Waals surface area contributed by atoms with Gasteiger partial charge in [-0.2, -0.15) is 0 Å². The lowest BCUT2D eigenvalue weighted by atomic mass is 10.1. The number of unbranched alkanes of at least 4 members (excludes halogenated alkanes) is 2. The molecule has 0 aliphatic carbocycles. The average Bonchev–Trinajstić information content (AvgIpc) is 2.05. The minimum Gasteiger partial charge on any atom is -0.393 e. The molecule has 0 saturated carbocycles. The Morgan fingerprint density at radius 2 is 2.00 bits per heavy atom. The number of hydrogen-bond acceptors (Lipinski definition) is 2. The third-order valence-corrected chi connectivity index (χ3v) is 1.93. The Bertz CT molecular complexity index is 112. The van der Waals surface area contributed by atoms with Crippen LogP contribution in [0.15, 0.2) is 12.7 Å². The van der Waals surface area contributed by atoms with Crippen molar-refractivity contribution < 1.29 is 10.2 Å². The van der Waals surface area contributed by atoms with Gasteiger partial charge in [-0.1, -0.05) is 32.3 Å². The highest BCUT2D eigenvalue weighted by Gasteiger charge is 2.07. The summed E-state index contributed by atoms with van der Waals surface area (Å²) in [6, 6.07) is 0. The minimum atomic E-state index is -0.554. The number of aliphatic hydroxyl groups excluding tert-OH is 2. The fourth-order valence-corrected chi connectivity index (χ4v) is 1.12. The summed E-state index contributed by atoms with van der Waals surface area (Å²) in [7, 11) is 0. The van der Waals surface area contributed by atoms with E-state index in [4.69, 9.17) is 5.11 Å². The molecule has 0 aromatic rings. The maximum atomic E-state index is 9.37. The number of aliphatic hydroxyl groups is 2. The molecular formula is C10H20O2. The highest BCUT2D eigenvalue weighted by molar-refractivity contribution is 4.80. The standard InChI is InChI=1S/C10H20O2/c1-3-5-6-7-10(12)8-9(11)4-2/h4,9-12H,2-3,5-8H2,1H3/t9-,10+/m1/s1. The van der Waals surface area contributed by atoms with Gasteiger partial charge >= 0.3 is 0 Å². The first-order valence-electron chi connectivity index (χ1n) is 4.69. The molecule has 0 aliphatic heterocycles. The predicted octanol–water partition coefficient (Wildman–Crippen LogP) is 1.86. The molecule has 2 heteroatoms. The summed E-state index contributed by atoms with van der Waals surface area (Å²) < 4.78 is 0. The van der Waals surface area contributed by atoms with Gasteiger partial charge in [0.15, 0.2) is 0 Å². The van der Waals surface area contributed by atoms with Crippen LogP contribution in [-0.2, 0) is 0 Å². The second kappa shape index (κ2) is 7.32. The second-order valence-corrected chi connectivity index (χ2v) is 3.19. The van der Waals surface area contributed by atoms with Crippen molar-refractivity contribution in [2.75, 3.05) is 0 Å². The van der Waals surface area contributed by atoms with E-state index in [1.165, 1.54) is 6.08 Å². The molecule has 2 atom stereocenters. The average molecular weight is 172 g/mol. The minimum absolute atomic E-state index is 0.371. The van der Waals surface area contributed by atoms with E-state index in [0.717, 1.165) is 25.7 Å². The van der Waals surface area contributed by atoms with Gasteiger partial charge in [0.25, 0.3) is 0 Å². The Kier molecular flexibility index (Phi) is 7.11. The fourth-order valence-electron chi connectivity index (χ4n) is 1.12. The summed E-state index contributed by atoms with van der Waals surface area (Å²) in [5, 5.41) is 18.5. The molecule has 0 fully saturated rings. The first-order chi connectivity index (χ1) is 5.70. The van der Waals surface area contributed by atoms with E-state index in [9.17, 15) is 5.11 Å². The van der Waals surface area contributed by atoms with Crippen molar-refractivity contribution in [1.82, 2.24) is 0 Å². The van der Waals surface area contributed by atoms with Crippen LogP contribution >= 0.6 is 0 Å². The van der Waals surface area contributed by atoms with Crippen molar-refractivity contribution >= 4 is 0 Å². The Hall–Kier alpha value is -0.340. The molecule has 2 N–H and O–H groups in total. The van der Waals surface area contributed by atoms with Crippen molar-refractivity contribution in [3.63, 3.8) is 0 Å². The van der Waals surface area contributed by atoms with Crippen molar-refractivity contribution in [2.24, 2.45) is 0 Å². The van der Waals surface area contributed by atoms with Crippen LogP contribution in [0.25, 0.3) is 0 Å². The SMILES string of the molecule is C=C[C@@H](O)C[C@@H](O)CCCCC. The third-order valence-electron chi connectivity index (χ3n) is 1.93. The fraction of sp³-hybridized carbons (Fsp3) is 0.800. The van der Waals surface area contributed by atoms with Crippen molar-refractivity contribution in [2.45, 2.75) is 51.2 Å². The molecule has 0 unspecified atom stereocenters. The molecule has 12 heavy (non-hydrogen) atoms. The summed E-state index contributed by atoms with van der Waals surface area (Å²) in [5.74, 6) is 0. The van der Waals surface area contributed by atoms with E-state index in [1.807, 2.05) is 0 Å². The lowest BCUT2D eigenvalue weighted by Crippen LogP contribution is -2.15. The van der Waals surface area contributed by atoms with Gasteiger partial charge in [0.05, 0.1) is 12.2 Å². The molecule has 0 rings (SSSR count). The van der Waals surface area contributed by atoms with Crippen LogP contribution in [0.5, 0.6) is 0 Å². The molecule has 2 nitrogen and oxygen atoms in total. The third kappa shape index (κ3) is 6.38. The first-order valence-corrected chi connectivity index (χ1v) is 4.69. The lowest BCUT2D eigenvalue weighted by molar-refractivity contribution is 0.0959. The Balaban J connectivity index is 3.32. The number of hydrogen-bond donors (Lipinski definition) is 2. The zero-order valence-corrected chi connectivity index (χ0v) is 7.87. The second-order valence-electron chi connectivity index (χ2n) is 3.19. The van der Waals surface area contributed by atoms with Gasteiger partial charge in [0.2, 0.25) is 0 Å². The zero-order valence-electron chi connectivity index (χ0n) is 7.87. The van der Waals surface area contributed by atoms with Gasteiger partial charge in [0, 0.05) is 6.42 Å². The van der Waals surface area contributed by atoms with Gasteiger partial charge < -0.3 is 10.2 Å². The molecular weight excluding hydrogens is 152 g/mol. The summed E-state index contributed by atoms with van der Waals surface area (Å²) in [5.41, 5.74) is 0. The molecule has 0 aromatic carbocycles. The van der Waals surface area contributed by atoms with Gasteiger partial charge in [0.1, 0.15) is 0 Å². The molecule has 0 saturated heterocycles. The topological polar surface area (TPSA) is 40.5 Å². The summed E-state index contributed by atoms with van der Waals surface area (Å²) in [6.07, 6.45) is 5.11. The zero-order chi connectivity index (χ0) is 9.40. The van der Waals surface area contributed by atoms with Crippen LogP contribution in [0.1, 0.15) is 39.0 Å². The molecule has 0 bridgehead atoms. The van der Waals surface area contributed by atoms with Crippen molar-refractivity contribution in [3.05, 3.63) is 12.7 Å². The van der Waals surface area contributed by atoms with E-state index in [2.05, 4.69) is 13.5 Å². The molecule has 72 valence electrons. The van der Waals surface area contributed by atoms with E-state index in [0.29, 0.717) is 6.42 Å². The molecule has 0 amide bonds. The van der Waals surface area contributed by atoms with Crippen LogP contribution < -0.4 is 0 Å². The van der Waals surface area contributed by atoms with Gasteiger partial charge in [-0.25, -0.2) is 0 Å². The first kappa shape index (κ1) is 11.7. The Labute approximate surface area is 74.9 Å².